The maximum absolute atomic E-state index is 11.5. The molecule has 0 aliphatic rings. The fraction of sp³-hybridized carbons (Fsp3) is 0.429. The van der Waals surface area contributed by atoms with Gasteiger partial charge in [-0.1, -0.05) is 6.92 Å². The largest absolute Gasteiger partial charge is 0.478 e. The number of rotatable bonds is 7. The maximum Gasteiger partial charge on any atom is 0.335 e. The van der Waals surface area contributed by atoms with Gasteiger partial charge >= 0.3 is 5.97 Å². The molecule has 1 atom stereocenters. The molecule has 0 heterocycles. The van der Waals surface area contributed by atoms with Gasteiger partial charge in [0.05, 0.1) is 5.56 Å². The van der Waals surface area contributed by atoms with Crippen molar-refractivity contribution >= 4 is 17.6 Å². The zero-order valence-corrected chi connectivity index (χ0v) is 11.3. The molecule has 19 heavy (non-hydrogen) atoms. The van der Waals surface area contributed by atoms with Crippen molar-refractivity contribution in [3.05, 3.63) is 29.8 Å². The fourth-order valence-corrected chi connectivity index (χ4v) is 1.50. The highest BCUT2D eigenvalue weighted by Gasteiger charge is 2.05. The van der Waals surface area contributed by atoms with Crippen LogP contribution in [-0.4, -0.2) is 29.6 Å². The molecular formula is C14H20N2O3. The van der Waals surface area contributed by atoms with Crippen LogP contribution in [0.3, 0.4) is 0 Å². The first-order valence-corrected chi connectivity index (χ1v) is 6.39. The van der Waals surface area contributed by atoms with Crippen LogP contribution < -0.4 is 10.6 Å². The molecule has 0 saturated carbocycles. The van der Waals surface area contributed by atoms with Crippen LogP contribution in [0.4, 0.5) is 5.69 Å². The molecule has 1 unspecified atom stereocenters. The summed E-state index contributed by atoms with van der Waals surface area (Å²) in [4.78, 5) is 22.2. The van der Waals surface area contributed by atoms with E-state index in [0.29, 0.717) is 13.0 Å². The predicted molar refractivity (Wildman–Crippen MR) is 74.4 cm³/mol. The van der Waals surface area contributed by atoms with Crippen molar-refractivity contribution < 1.29 is 14.7 Å². The standard InChI is InChI=1S/C14H20N2O3/c1-3-10(2)16-13(17)8-9-15-12-6-4-11(5-7-12)14(18)19/h4-7,10,15H,3,8-9H2,1-2H3,(H,16,17)(H,18,19). The summed E-state index contributed by atoms with van der Waals surface area (Å²) < 4.78 is 0. The maximum atomic E-state index is 11.5. The van der Waals surface area contributed by atoms with Crippen molar-refractivity contribution in [2.75, 3.05) is 11.9 Å². The molecule has 0 aromatic heterocycles. The summed E-state index contributed by atoms with van der Waals surface area (Å²) in [5.74, 6) is -0.927. The van der Waals surface area contributed by atoms with Crippen LogP contribution in [0.15, 0.2) is 24.3 Å². The molecular weight excluding hydrogens is 244 g/mol. The number of nitrogens with one attached hydrogen (secondary N) is 2. The molecule has 1 amide bonds. The molecule has 0 bridgehead atoms. The Labute approximate surface area is 113 Å². The number of hydrogen-bond donors (Lipinski definition) is 3. The summed E-state index contributed by atoms with van der Waals surface area (Å²) in [6, 6.07) is 6.64. The van der Waals surface area contributed by atoms with Gasteiger partial charge in [0.25, 0.3) is 0 Å². The first kappa shape index (κ1) is 15.0. The van der Waals surface area contributed by atoms with Gasteiger partial charge in [0.15, 0.2) is 0 Å². The second kappa shape index (κ2) is 7.41. The van der Waals surface area contributed by atoms with Gasteiger partial charge in [0, 0.05) is 24.7 Å². The number of benzene rings is 1. The molecule has 1 aromatic rings. The summed E-state index contributed by atoms with van der Waals surface area (Å²) in [7, 11) is 0. The minimum absolute atomic E-state index is 0.0176. The van der Waals surface area contributed by atoms with Crippen LogP contribution >= 0.6 is 0 Å². The van der Waals surface area contributed by atoms with Gasteiger partial charge in [-0.2, -0.15) is 0 Å². The van der Waals surface area contributed by atoms with Crippen molar-refractivity contribution in [3.8, 4) is 0 Å². The molecule has 0 fully saturated rings. The highest BCUT2D eigenvalue weighted by Crippen LogP contribution is 2.09. The number of carbonyl (C=O) groups is 2. The molecule has 5 heteroatoms. The first-order valence-electron chi connectivity index (χ1n) is 6.39. The zero-order valence-electron chi connectivity index (χ0n) is 11.3. The predicted octanol–water partition coefficient (Wildman–Crippen LogP) is 2.10. The quantitative estimate of drug-likeness (QED) is 0.704. The molecule has 0 spiro atoms. The second-order valence-electron chi connectivity index (χ2n) is 4.44. The number of hydrogen-bond acceptors (Lipinski definition) is 3. The van der Waals surface area contributed by atoms with E-state index in [4.69, 9.17) is 5.11 Å². The minimum atomic E-state index is -0.945. The van der Waals surface area contributed by atoms with Crippen molar-refractivity contribution in [2.24, 2.45) is 0 Å². The van der Waals surface area contributed by atoms with Crippen LogP contribution in [0.25, 0.3) is 0 Å². The van der Waals surface area contributed by atoms with Gasteiger partial charge < -0.3 is 15.7 Å². The number of carbonyl (C=O) groups excluding carboxylic acids is 1. The summed E-state index contributed by atoms with van der Waals surface area (Å²) >= 11 is 0. The minimum Gasteiger partial charge on any atom is -0.478 e. The molecule has 1 rings (SSSR count). The van der Waals surface area contributed by atoms with E-state index in [1.54, 1.807) is 12.1 Å². The molecule has 0 aliphatic carbocycles. The highest BCUT2D eigenvalue weighted by atomic mass is 16.4. The average molecular weight is 264 g/mol. The Balaban J connectivity index is 2.33. The van der Waals surface area contributed by atoms with E-state index in [9.17, 15) is 9.59 Å². The van der Waals surface area contributed by atoms with E-state index in [-0.39, 0.29) is 17.5 Å². The van der Waals surface area contributed by atoms with E-state index in [2.05, 4.69) is 10.6 Å². The first-order chi connectivity index (χ1) is 9.02. The van der Waals surface area contributed by atoms with Gasteiger partial charge in [-0.3, -0.25) is 4.79 Å². The second-order valence-corrected chi connectivity index (χ2v) is 4.44. The van der Waals surface area contributed by atoms with Gasteiger partial charge in [-0.05, 0) is 37.6 Å². The lowest BCUT2D eigenvalue weighted by Gasteiger charge is -2.12. The SMILES string of the molecule is CCC(C)NC(=O)CCNc1ccc(C(=O)O)cc1. The van der Waals surface area contributed by atoms with E-state index < -0.39 is 5.97 Å². The lowest BCUT2D eigenvalue weighted by atomic mass is 10.2. The summed E-state index contributed by atoms with van der Waals surface area (Å²) in [6.07, 6.45) is 1.31. The molecule has 3 N–H and O–H groups in total. The third kappa shape index (κ3) is 5.42. The number of aromatic carboxylic acids is 1. The lowest BCUT2D eigenvalue weighted by molar-refractivity contribution is -0.121. The van der Waals surface area contributed by atoms with Crippen LogP contribution in [0.5, 0.6) is 0 Å². The highest BCUT2D eigenvalue weighted by molar-refractivity contribution is 5.88. The Hall–Kier alpha value is -2.04. The fourth-order valence-electron chi connectivity index (χ4n) is 1.50. The molecule has 1 aromatic carbocycles. The van der Waals surface area contributed by atoms with E-state index in [0.717, 1.165) is 12.1 Å². The number of carboxylic acid groups (broad SMARTS) is 1. The molecule has 0 aliphatic heterocycles. The molecule has 0 saturated heterocycles. The lowest BCUT2D eigenvalue weighted by Crippen LogP contribution is -2.32. The van der Waals surface area contributed by atoms with Gasteiger partial charge in [-0.25, -0.2) is 4.79 Å². The van der Waals surface area contributed by atoms with E-state index >= 15 is 0 Å². The van der Waals surface area contributed by atoms with Crippen molar-refractivity contribution in [2.45, 2.75) is 32.7 Å². The smallest absolute Gasteiger partial charge is 0.335 e. The topological polar surface area (TPSA) is 78.4 Å². The van der Waals surface area contributed by atoms with Crippen LogP contribution in [0.2, 0.25) is 0 Å². The summed E-state index contributed by atoms with van der Waals surface area (Å²) in [6.45, 7) is 4.51. The van der Waals surface area contributed by atoms with Crippen molar-refractivity contribution in [1.29, 1.82) is 0 Å². The zero-order chi connectivity index (χ0) is 14.3. The van der Waals surface area contributed by atoms with Gasteiger partial charge in [-0.15, -0.1) is 0 Å². The third-order valence-electron chi connectivity index (χ3n) is 2.83. The van der Waals surface area contributed by atoms with Gasteiger partial charge in [0.1, 0.15) is 0 Å². The summed E-state index contributed by atoms with van der Waals surface area (Å²) in [5, 5.41) is 14.7. The Bertz CT molecular complexity index is 429. The Morgan fingerprint density at radius 3 is 2.42 bits per heavy atom. The van der Waals surface area contributed by atoms with E-state index in [1.165, 1.54) is 12.1 Å². The van der Waals surface area contributed by atoms with E-state index in [1.807, 2.05) is 13.8 Å². The average Bonchev–Trinajstić information content (AvgIpc) is 2.39. The van der Waals surface area contributed by atoms with Crippen LogP contribution in [0.1, 0.15) is 37.0 Å². The Morgan fingerprint density at radius 1 is 1.26 bits per heavy atom. The molecule has 5 nitrogen and oxygen atoms in total. The van der Waals surface area contributed by atoms with Crippen molar-refractivity contribution in [3.63, 3.8) is 0 Å². The van der Waals surface area contributed by atoms with Gasteiger partial charge in [0.2, 0.25) is 5.91 Å². The number of amides is 1. The normalized spacial score (nSPS) is 11.7. The molecule has 104 valence electrons. The Kier molecular flexibility index (Phi) is 5.85. The Morgan fingerprint density at radius 2 is 1.89 bits per heavy atom. The summed E-state index contributed by atoms with van der Waals surface area (Å²) in [5.41, 5.74) is 1.06. The number of carboxylic acids is 1. The monoisotopic (exact) mass is 264 g/mol. The number of anilines is 1. The van der Waals surface area contributed by atoms with Crippen LogP contribution in [0, 0.1) is 0 Å². The van der Waals surface area contributed by atoms with Crippen LogP contribution in [-0.2, 0) is 4.79 Å². The third-order valence-corrected chi connectivity index (χ3v) is 2.83. The van der Waals surface area contributed by atoms with Crippen molar-refractivity contribution in [1.82, 2.24) is 5.32 Å². The molecule has 0 radical (unpaired) electrons.